The van der Waals surface area contributed by atoms with Gasteiger partial charge >= 0.3 is 0 Å². The number of hydrogen-bond acceptors (Lipinski definition) is 3. The largest absolute Gasteiger partial charge is 0.316 e. The predicted molar refractivity (Wildman–Crippen MR) is 78.0 cm³/mol. The van der Waals surface area contributed by atoms with Crippen LogP contribution in [-0.4, -0.2) is 61.7 Å². The highest BCUT2D eigenvalue weighted by molar-refractivity contribution is 4.88. The third kappa shape index (κ3) is 3.94. The first-order valence-electron chi connectivity index (χ1n) is 7.78. The van der Waals surface area contributed by atoms with Gasteiger partial charge in [-0.2, -0.15) is 0 Å². The summed E-state index contributed by atoms with van der Waals surface area (Å²) in [5.41, 5.74) is 0.399. The molecule has 3 nitrogen and oxygen atoms in total. The van der Waals surface area contributed by atoms with Gasteiger partial charge in [0.05, 0.1) is 0 Å². The monoisotopic (exact) mass is 253 g/mol. The van der Waals surface area contributed by atoms with Gasteiger partial charge in [0.1, 0.15) is 0 Å². The first-order valence-corrected chi connectivity index (χ1v) is 7.78. The Morgan fingerprint density at radius 3 is 2.83 bits per heavy atom. The molecule has 0 aromatic rings. The molecule has 0 saturated carbocycles. The Morgan fingerprint density at radius 2 is 2.06 bits per heavy atom. The Kier molecular flexibility index (Phi) is 5.05. The predicted octanol–water partition coefficient (Wildman–Crippen LogP) is 1.79. The van der Waals surface area contributed by atoms with Gasteiger partial charge in [-0.25, -0.2) is 0 Å². The van der Waals surface area contributed by atoms with Crippen molar-refractivity contribution in [1.29, 1.82) is 0 Å². The third-order valence-electron chi connectivity index (χ3n) is 4.35. The normalized spacial score (nSPS) is 26.5. The molecular weight excluding hydrogens is 222 g/mol. The van der Waals surface area contributed by atoms with Crippen LogP contribution in [0.1, 0.15) is 40.0 Å². The van der Waals surface area contributed by atoms with Crippen molar-refractivity contribution in [2.75, 3.05) is 45.8 Å². The van der Waals surface area contributed by atoms with Gasteiger partial charge in [-0.1, -0.05) is 20.8 Å². The van der Waals surface area contributed by atoms with Crippen molar-refractivity contribution in [1.82, 2.24) is 15.1 Å². The lowest BCUT2D eigenvalue weighted by Crippen LogP contribution is -2.53. The van der Waals surface area contributed by atoms with Crippen molar-refractivity contribution in [3.05, 3.63) is 0 Å². The van der Waals surface area contributed by atoms with Crippen LogP contribution >= 0.6 is 0 Å². The highest BCUT2D eigenvalue weighted by Crippen LogP contribution is 2.24. The number of hydrogen-bond donors (Lipinski definition) is 1. The number of piperazine rings is 1. The minimum absolute atomic E-state index is 0.399. The first-order chi connectivity index (χ1) is 8.61. The van der Waals surface area contributed by atoms with E-state index < -0.39 is 0 Å². The lowest BCUT2D eigenvalue weighted by atomic mass is 9.92. The Hall–Kier alpha value is -0.120. The van der Waals surface area contributed by atoms with Crippen LogP contribution in [0.4, 0.5) is 0 Å². The highest BCUT2D eigenvalue weighted by atomic mass is 15.3. The third-order valence-corrected chi connectivity index (χ3v) is 4.35. The van der Waals surface area contributed by atoms with Gasteiger partial charge in [0, 0.05) is 38.8 Å². The van der Waals surface area contributed by atoms with Gasteiger partial charge in [-0.05, 0) is 37.8 Å². The lowest BCUT2D eigenvalue weighted by molar-refractivity contribution is 0.0743. The van der Waals surface area contributed by atoms with Crippen molar-refractivity contribution in [3.8, 4) is 0 Å². The maximum Gasteiger partial charge on any atom is 0.0224 e. The molecule has 2 fully saturated rings. The quantitative estimate of drug-likeness (QED) is 0.728. The maximum absolute atomic E-state index is 3.57. The molecule has 1 N–H and O–H groups in total. The molecular formula is C15H31N3. The van der Waals surface area contributed by atoms with Crippen molar-refractivity contribution in [2.45, 2.75) is 46.1 Å². The lowest BCUT2D eigenvalue weighted by Gasteiger charge is -2.41. The molecule has 106 valence electrons. The molecule has 2 saturated heterocycles. The summed E-state index contributed by atoms with van der Waals surface area (Å²) in [6, 6.07) is 0.859. The van der Waals surface area contributed by atoms with Crippen LogP contribution in [0.2, 0.25) is 0 Å². The first kappa shape index (κ1) is 14.3. The number of rotatable bonds is 6. The van der Waals surface area contributed by atoms with Crippen LogP contribution in [0.3, 0.4) is 0 Å². The molecule has 0 radical (unpaired) electrons. The molecule has 0 spiro atoms. The van der Waals surface area contributed by atoms with Crippen LogP contribution in [-0.2, 0) is 0 Å². The summed E-state index contributed by atoms with van der Waals surface area (Å²) in [5, 5.41) is 3.57. The second-order valence-corrected chi connectivity index (χ2v) is 6.91. The van der Waals surface area contributed by atoms with Crippen molar-refractivity contribution >= 4 is 0 Å². The van der Waals surface area contributed by atoms with E-state index in [-0.39, 0.29) is 0 Å². The average Bonchev–Trinajstić information content (AvgIpc) is 2.75. The summed E-state index contributed by atoms with van der Waals surface area (Å²) < 4.78 is 0. The summed E-state index contributed by atoms with van der Waals surface area (Å²) in [4.78, 5) is 5.39. The summed E-state index contributed by atoms with van der Waals surface area (Å²) in [6.45, 7) is 15.8. The second kappa shape index (κ2) is 6.36. The summed E-state index contributed by atoms with van der Waals surface area (Å²) in [5.74, 6) is 0. The summed E-state index contributed by atoms with van der Waals surface area (Å²) in [7, 11) is 0. The maximum atomic E-state index is 3.57. The zero-order chi connectivity index (χ0) is 13.0. The minimum Gasteiger partial charge on any atom is -0.316 e. The second-order valence-electron chi connectivity index (χ2n) is 6.91. The fourth-order valence-electron chi connectivity index (χ4n) is 3.46. The van der Waals surface area contributed by atoms with E-state index in [1.807, 2.05) is 0 Å². The van der Waals surface area contributed by atoms with Gasteiger partial charge < -0.3 is 5.32 Å². The van der Waals surface area contributed by atoms with E-state index in [4.69, 9.17) is 0 Å². The van der Waals surface area contributed by atoms with Gasteiger partial charge in [-0.3, -0.25) is 9.80 Å². The molecule has 0 aliphatic carbocycles. The molecule has 0 aromatic heterocycles. The Bertz CT molecular complexity index is 252. The molecule has 0 amide bonds. The highest BCUT2D eigenvalue weighted by Gasteiger charge is 2.32. The molecule has 18 heavy (non-hydrogen) atoms. The van der Waals surface area contributed by atoms with Crippen molar-refractivity contribution < 1.29 is 0 Å². The fraction of sp³-hybridized carbons (Fsp3) is 1.00. The minimum atomic E-state index is 0.399. The Balaban J connectivity index is 1.74. The van der Waals surface area contributed by atoms with Crippen molar-refractivity contribution in [2.24, 2.45) is 5.41 Å². The van der Waals surface area contributed by atoms with E-state index in [1.54, 1.807) is 0 Å². The van der Waals surface area contributed by atoms with Gasteiger partial charge in [0.15, 0.2) is 0 Å². The molecule has 2 aliphatic rings. The smallest absolute Gasteiger partial charge is 0.0224 e. The van der Waals surface area contributed by atoms with E-state index in [0.29, 0.717) is 5.41 Å². The number of nitrogens with one attached hydrogen (secondary N) is 1. The van der Waals surface area contributed by atoms with E-state index in [1.165, 1.54) is 52.0 Å². The zero-order valence-corrected chi connectivity index (χ0v) is 12.5. The molecule has 1 atom stereocenters. The number of fused-ring (bicyclic) bond motifs is 1. The zero-order valence-electron chi connectivity index (χ0n) is 12.5. The van der Waals surface area contributed by atoms with E-state index in [2.05, 4.69) is 35.9 Å². The van der Waals surface area contributed by atoms with Crippen LogP contribution in [0.15, 0.2) is 0 Å². The van der Waals surface area contributed by atoms with Gasteiger partial charge in [-0.15, -0.1) is 0 Å². The molecule has 2 heterocycles. The van der Waals surface area contributed by atoms with Crippen LogP contribution in [0.25, 0.3) is 0 Å². The summed E-state index contributed by atoms with van der Waals surface area (Å²) in [6.07, 6.45) is 4.07. The van der Waals surface area contributed by atoms with Crippen LogP contribution in [0.5, 0.6) is 0 Å². The molecule has 2 aliphatic heterocycles. The molecule has 0 aromatic carbocycles. The average molecular weight is 253 g/mol. The molecule has 2 rings (SSSR count). The van der Waals surface area contributed by atoms with Gasteiger partial charge in [0.25, 0.3) is 0 Å². The fourth-order valence-corrected chi connectivity index (χ4v) is 3.46. The molecule has 0 bridgehead atoms. The number of nitrogens with zero attached hydrogens (tertiary/aromatic N) is 2. The topological polar surface area (TPSA) is 18.5 Å². The van der Waals surface area contributed by atoms with Crippen LogP contribution in [0, 0.1) is 5.41 Å². The van der Waals surface area contributed by atoms with E-state index >= 15 is 0 Å². The Labute approximate surface area is 113 Å². The van der Waals surface area contributed by atoms with E-state index in [9.17, 15) is 0 Å². The molecule has 3 heteroatoms. The van der Waals surface area contributed by atoms with Gasteiger partial charge in [0.2, 0.25) is 0 Å². The standard InChI is InChI=1S/C15H31N3/c1-4-7-16-12-15(2,3)13-17-9-10-18-8-5-6-14(18)11-17/h14,16H,4-13H2,1-3H3. The SMILES string of the molecule is CCCNCC(C)(C)CN1CCN2CCCC2C1. The van der Waals surface area contributed by atoms with Crippen LogP contribution < -0.4 is 5.32 Å². The molecule has 1 unspecified atom stereocenters. The van der Waals surface area contributed by atoms with Crippen molar-refractivity contribution in [3.63, 3.8) is 0 Å². The summed E-state index contributed by atoms with van der Waals surface area (Å²) >= 11 is 0. The Morgan fingerprint density at radius 1 is 1.22 bits per heavy atom. The van der Waals surface area contributed by atoms with E-state index in [0.717, 1.165) is 19.1 Å².